The van der Waals surface area contributed by atoms with Crippen LogP contribution in [0.25, 0.3) is 33.3 Å². The number of aryl methyl sites for hydroxylation is 1. The van der Waals surface area contributed by atoms with Crippen molar-refractivity contribution in [3.63, 3.8) is 0 Å². The fourth-order valence-corrected chi connectivity index (χ4v) is 4.43. The predicted molar refractivity (Wildman–Crippen MR) is 124 cm³/mol. The summed E-state index contributed by atoms with van der Waals surface area (Å²) in [5.41, 5.74) is 6.86. The maximum Gasteiger partial charge on any atom is 0.305 e. The molecule has 1 fully saturated rings. The lowest BCUT2D eigenvalue weighted by molar-refractivity contribution is -0.137. The highest BCUT2D eigenvalue weighted by Gasteiger charge is 2.26. The van der Waals surface area contributed by atoms with Crippen LogP contribution in [0.3, 0.4) is 0 Å². The molecule has 0 bridgehead atoms. The van der Waals surface area contributed by atoms with Crippen molar-refractivity contribution >= 4 is 16.9 Å². The van der Waals surface area contributed by atoms with Crippen LogP contribution in [0.4, 0.5) is 0 Å². The molecule has 4 nitrogen and oxygen atoms in total. The van der Waals surface area contributed by atoms with E-state index >= 15 is 0 Å². The third-order valence-corrected chi connectivity index (χ3v) is 6.11. The molecule has 0 amide bonds. The molecule has 0 aliphatic heterocycles. The summed E-state index contributed by atoms with van der Waals surface area (Å²) in [5.74, 6) is 0.676. The number of fused-ring (bicyclic) bond motifs is 1. The molecule has 1 aliphatic rings. The minimum Gasteiger partial charge on any atom is -0.497 e. The fraction of sp³-hybridized carbons (Fsp3) is 0.222. The average molecular weight is 412 g/mol. The van der Waals surface area contributed by atoms with E-state index in [0.717, 1.165) is 33.7 Å². The first-order valence-corrected chi connectivity index (χ1v) is 10.7. The van der Waals surface area contributed by atoms with Crippen molar-refractivity contribution in [3.8, 4) is 28.1 Å². The lowest BCUT2D eigenvalue weighted by Crippen LogP contribution is -2.06. The van der Waals surface area contributed by atoms with Gasteiger partial charge in [-0.3, -0.25) is 4.79 Å². The average Bonchev–Trinajstić information content (AvgIpc) is 3.60. The van der Waals surface area contributed by atoms with Crippen molar-refractivity contribution in [1.82, 2.24) is 4.57 Å². The molecule has 0 saturated heterocycles. The van der Waals surface area contributed by atoms with E-state index in [1.54, 1.807) is 7.11 Å². The van der Waals surface area contributed by atoms with E-state index in [2.05, 4.69) is 47.0 Å². The number of hydrogen-bond acceptors (Lipinski definition) is 2. The minimum absolute atomic E-state index is 0.0794. The molecule has 5 rings (SSSR count). The van der Waals surface area contributed by atoms with E-state index in [-0.39, 0.29) is 6.42 Å². The van der Waals surface area contributed by atoms with Crippen molar-refractivity contribution in [1.29, 1.82) is 0 Å². The van der Waals surface area contributed by atoms with Gasteiger partial charge in [0, 0.05) is 23.0 Å². The first-order valence-electron chi connectivity index (χ1n) is 10.7. The van der Waals surface area contributed by atoms with Crippen molar-refractivity contribution in [2.75, 3.05) is 7.11 Å². The molecule has 4 aromatic rings. The second-order valence-electron chi connectivity index (χ2n) is 8.16. The van der Waals surface area contributed by atoms with E-state index in [1.165, 1.54) is 23.8 Å². The van der Waals surface area contributed by atoms with E-state index < -0.39 is 5.97 Å². The third kappa shape index (κ3) is 3.70. The number of methoxy groups -OCH3 is 1. The zero-order chi connectivity index (χ0) is 21.4. The molecular weight excluding hydrogens is 386 g/mol. The quantitative estimate of drug-likeness (QED) is 0.386. The molecule has 1 heterocycles. The summed E-state index contributed by atoms with van der Waals surface area (Å²) in [6, 6.07) is 25.1. The normalized spacial score (nSPS) is 13.5. The molecule has 156 valence electrons. The SMILES string of the molecule is COc1ccc(-c2c(-c3ccccc3)n(CCC(=O)O)c3ccc(C4CC4)cc23)cc1. The van der Waals surface area contributed by atoms with Gasteiger partial charge in [0.25, 0.3) is 0 Å². The van der Waals surface area contributed by atoms with E-state index in [0.29, 0.717) is 12.5 Å². The van der Waals surface area contributed by atoms with Crippen molar-refractivity contribution < 1.29 is 14.6 Å². The lowest BCUT2D eigenvalue weighted by Gasteiger charge is -2.12. The largest absolute Gasteiger partial charge is 0.497 e. The van der Waals surface area contributed by atoms with Crippen LogP contribution in [0, 0.1) is 0 Å². The Balaban J connectivity index is 1.81. The van der Waals surface area contributed by atoms with Gasteiger partial charge in [-0.1, -0.05) is 48.5 Å². The number of carboxylic acids is 1. The van der Waals surface area contributed by atoms with Gasteiger partial charge < -0.3 is 14.4 Å². The molecular formula is C27H25NO3. The summed E-state index contributed by atoms with van der Waals surface area (Å²) in [6.07, 6.45) is 2.57. The van der Waals surface area contributed by atoms with Gasteiger partial charge in [-0.25, -0.2) is 0 Å². The molecule has 0 radical (unpaired) electrons. The maximum absolute atomic E-state index is 11.4. The van der Waals surface area contributed by atoms with Gasteiger partial charge in [0.1, 0.15) is 5.75 Å². The van der Waals surface area contributed by atoms with Gasteiger partial charge in [-0.2, -0.15) is 0 Å². The van der Waals surface area contributed by atoms with Crippen molar-refractivity contribution in [2.24, 2.45) is 0 Å². The van der Waals surface area contributed by atoms with E-state index in [4.69, 9.17) is 4.74 Å². The van der Waals surface area contributed by atoms with E-state index in [9.17, 15) is 9.90 Å². The molecule has 0 atom stereocenters. The number of carbonyl (C=O) groups is 1. The van der Waals surface area contributed by atoms with Gasteiger partial charge in [0.2, 0.25) is 0 Å². The van der Waals surface area contributed by atoms with Gasteiger partial charge in [-0.15, -0.1) is 0 Å². The smallest absolute Gasteiger partial charge is 0.305 e. The first-order chi connectivity index (χ1) is 15.2. The Hall–Kier alpha value is -3.53. The first kappa shape index (κ1) is 19.4. The number of ether oxygens (including phenoxy) is 1. The van der Waals surface area contributed by atoms with Crippen molar-refractivity contribution in [2.45, 2.75) is 31.7 Å². The number of aliphatic carboxylic acids is 1. The lowest BCUT2D eigenvalue weighted by atomic mass is 9.97. The van der Waals surface area contributed by atoms with Crippen LogP contribution >= 0.6 is 0 Å². The van der Waals surface area contributed by atoms with E-state index in [1.807, 2.05) is 30.3 Å². The zero-order valence-electron chi connectivity index (χ0n) is 17.5. The standard InChI is InChI=1S/C27H25NO3/c1-31-22-12-9-19(10-13-22)26-23-17-21(18-7-8-18)11-14-24(23)28(16-15-25(29)30)27(26)20-5-3-2-4-6-20/h2-6,9-14,17-18H,7-8,15-16H2,1H3,(H,29,30). The summed E-state index contributed by atoms with van der Waals surface area (Å²) < 4.78 is 7.54. The molecule has 1 saturated carbocycles. The second-order valence-corrected chi connectivity index (χ2v) is 8.16. The Morgan fingerprint density at radius 1 is 1.00 bits per heavy atom. The summed E-state index contributed by atoms with van der Waals surface area (Å²) >= 11 is 0. The summed E-state index contributed by atoms with van der Waals surface area (Å²) in [5, 5.41) is 10.6. The highest BCUT2D eigenvalue weighted by atomic mass is 16.5. The van der Waals surface area contributed by atoms with Crippen LogP contribution in [-0.4, -0.2) is 22.8 Å². The molecule has 3 aromatic carbocycles. The van der Waals surface area contributed by atoms with Crippen LogP contribution in [0.5, 0.6) is 5.75 Å². The topological polar surface area (TPSA) is 51.5 Å². The van der Waals surface area contributed by atoms with Crippen LogP contribution in [-0.2, 0) is 11.3 Å². The summed E-state index contributed by atoms with van der Waals surface area (Å²) in [4.78, 5) is 11.4. The highest BCUT2D eigenvalue weighted by Crippen LogP contribution is 2.45. The number of nitrogens with zero attached hydrogens (tertiary/aromatic N) is 1. The van der Waals surface area contributed by atoms with Crippen molar-refractivity contribution in [3.05, 3.63) is 78.4 Å². The van der Waals surface area contributed by atoms with Crippen LogP contribution in [0.2, 0.25) is 0 Å². The maximum atomic E-state index is 11.4. The Morgan fingerprint density at radius 2 is 1.74 bits per heavy atom. The molecule has 1 N–H and O–H groups in total. The van der Waals surface area contributed by atoms with Gasteiger partial charge in [-0.05, 0) is 59.7 Å². The monoisotopic (exact) mass is 411 g/mol. The highest BCUT2D eigenvalue weighted by molar-refractivity contribution is 6.05. The van der Waals surface area contributed by atoms with Crippen LogP contribution in [0.1, 0.15) is 30.7 Å². The number of hydrogen-bond donors (Lipinski definition) is 1. The third-order valence-electron chi connectivity index (χ3n) is 6.11. The Labute approximate surface area is 181 Å². The number of benzene rings is 3. The molecule has 0 unspecified atom stereocenters. The fourth-order valence-electron chi connectivity index (χ4n) is 4.43. The molecule has 1 aliphatic carbocycles. The Bertz CT molecular complexity index is 1240. The molecule has 0 spiro atoms. The van der Waals surface area contributed by atoms with Crippen LogP contribution < -0.4 is 4.74 Å². The van der Waals surface area contributed by atoms with Gasteiger partial charge >= 0.3 is 5.97 Å². The minimum atomic E-state index is -0.790. The summed E-state index contributed by atoms with van der Waals surface area (Å²) in [6.45, 7) is 0.426. The molecule has 1 aromatic heterocycles. The summed E-state index contributed by atoms with van der Waals surface area (Å²) in [7, 11) is 1.67. The Morgan fingerprint density at radius 3 is 2.39 bits per heavy atom. The van der Waals surface area contributed by atoms with Gasteiger partial charge in [0.15, 0.2) is 0 Å². The predicted octanol–water partition coefficient (Wildman–Crippen LogP) is 6.34. The number of rotatable bonds is 7. The second kappa shape index (κ2) is 7.95. The molecule has 4 heteroatoms. The molecule has 31 heavy (non-hydrogen) atoms. The van der Waals surface area contributed by atoms with Crippen LogP contribution in [0.15, 0.2) is 72.8 Å². The Kier molecular flexibility index (Phi) is 4.99. The number of carboxylic acid groups (broad SMARTS) is 1. The van der Waals surface area contributed by atoms with Gasteiger partial charge in [0.05, 0.1) is 19.2 Å². The number of aromatic nitrogens is 1. The zero-order valence-corrected chi connectivity index (χ0v) is 17.5.